The summed E-state index contributed by atoms with van der Waals surface area (Å²) in [4.78, 5) is 8.52. The Morgan fingerprint density at radius 1 is 0.679 bits per heavy atom. The lowest BCUT2D eigenvalue weighted by Crippen LogP contribution is -2.12. The molecule has 170 valence electrons. The SMILES string of the molecule is CCCCCCOP(=O)(O)C(Cl)P(=O)(OCCCCCC)OCCCCCC. The van der Waals surface area contributed by atoms with Gasteiger partial charge in [0.1, 0.15) is 0 Å². The van der Waals surface area contributed by atoms with E-state index in [0.29, 0.717) is 19.3 Å². The first-order valence-corrected chi connectivity index (χ1v) is 14.5. The highest BCUT2D eigenvalue weighted by molar-refractivity contribution is 7.75. The van der Waals surface area contributed by atoms with Gasteiger partial charge in [0.25, 0.3) is 0 Å². The van der Waals surface area contributed by atoms with E-state index in [2.05, 4.69) is 20.8 Å². The maximum atomic E-state index is 13.2. The van der Waals surface area contributed by atoms with Gasteiger partial charge in [0.2, 0.25) is 4.86 Å². The van der Waals surface area contributed by atoms with E-state index in [1.807, 2.05) is 0 Å². The van der Waals surface area contributed by atoms with Crippen molar-refractivity contribution in [1.82, 2.24) is 0 Å². The Morgan fingerprint density at radius 2 is 1.04 bits per heavy atom. The molecular formula is C19H41ClO6P2. The zero-order chi connectivity index (χ0) is 21.3. The van der Waals surface area contributed by atoms with Crippen LogP contribution in [0.15, 0.2) is 0 Å². The van der Waals surface area contributed by atoms with Crippen LogP contribution in [-0.2, 0) is 22.7 Å². The summed E-state index contributed by atoms with van der Waals surface area (Å²) in [5.74, 6) is 0. The number of unbranched alkanes of at least 4 members (excludes halogenated alkanes) is 9. The molecule has 9 heteroatoms. The summed E-state index contributed by atoms with van der Waals surface area (Å²) >= 11 is 6.15. The molecule has 0 saturated heterocycles. The lowest BCUT2D eigenvalue weighted by atomic mass is 10.2. The molecule has 0 rings (SSSR count). The minimum Gasteiger partial charge on any atom is -0.323 e. The highest BCUT2D eigenvalue weighted by atomic mass is 35.5. The minimum absolute atomic E-state index is 0.101. The van der Waals surface area contributed by atoms with Crippen LogP contribution in [0.25, 0.3) is 0 Å². The number of halogens is 1. The summed E-state index contributed by atoms with van der Waals surface area (Å²) < 4.78 is 41.8. The third-order valence-electron chi connectivity index (χ3n) is 4.34. The second-order valence-corrected chi connectivity index (χ2v) is 12.6. The molecule has 0 heterocycles. The standard InChI is InChI=1S/C19H41ClO6P2/c1-4-7-10-13-16-24-27(21,22)19(20)28(23,25-17-14-11-8-5-2)26-18-15-12-9-6-3/h19H,4-18H2,1-3H3,(H,21,22). The molecule has 0 aliphatic rings. The fourth-order valence-corrected chi connectivity index (χ4v) is 6.70. The minimum atomic E-state index is -4.32. The topological polar surface area (TPSA) is 82.1 Å². The Labute approximate surface area is 177 Å². The lowest BCUT2D eigenvalue weighted by molar-refractivity contribution is 0.194. The van der Waals surface area contributed by atoms with Crippen LogP contribution in [0.3, 0.4) is 0 Å². The normalized spacial score (nSPS) is 15.5. The molecular weight excluding hydrogens is 422 g/mol. The van der Waals surface area contributed by atoms with Crippen LogP contribution < -0.4 is 0 Å². The van der Waals surface area contributed by atoms with Crippen LogP contribution in [-0.4, -0.2) is 29.6 Å². The first-order chi connectivity index (χ1) is 13.3. The van der Waals surface area contributed by atoms with E-state index in [0.717, 1.165) is 57.8 Å². The molecule has 0 amide bonds. The maximum Gasteiger partial charge on any atom is 0.360 e. The van der Waals surface area contributed by atoms with Crippen molar-refractivity contribution in [2.75, 3.05) is 19.8 Å². The highest BCUT2D eigenvalue weighted by Gasteiger charge is 2.48. The van der Waals surface area contributed by atoms with Crippen molar-refractivity contribution in [3.63, 3.8) is 0 Å². The molecule has 2 atom stereocenters. The van der Waals surface area contributed by atoms with Crippen LogP contribution >= 0.6 is 26.8 Å². The molecule has 28 heavy (non-hydrogen) atoms. The Hall–Kier alpha value is 0.590. The van der Waals surface area contributed by atoms with Crippen molar-refractivity contribution in [1.29, 1.82) is 0 Å². The average Bonchev–Trinajstić information content (AvgIpc) is 2.67. The van der Waals surface area contributed by atoms with Gasteiger partial charge in [-0.3, -0.25) is 9.13 Å². The van der Waals surface area contributed by atoms with Gasteiger partial charge in [-0.25, -0.2) is 0 Å². The molecule has 0 aliphatic carbocycles. The van der Waals surface area contributed by atoms with Gasteiger partial charge in [-0.05, 0) is 19.3 Å². The van der Waals surface area contributed by atoms with Crippen molar-refractivity contribution in [2.24, 2.45) is 0 Å². The first kappa shape index (κ1) is 28.6. The van der Waals surface area contributed by atoms with Gasteiger partial charge in [0.15, 0.2) is 0 Å². The fourth-order valence-electron chi connectivity index (χ4n) is 2.57. The highest BCUT2D eigenvalue weighted by Crippen LogP contribution is 2.69. The van der Waals surface area contributed by atoms with E-state index < -0.39 is 20.1 Å². The molecule has 1 N–H and O–H groups in total. The Morgan fingerprint density at radius 3 is 1.39 bits per heavy atom. The van der Waals surface area contributed by atoms with E-state index in [9.17, 15) is 14.0 Å². The van der Waals surface area contributed by atoms with E-state index in [-0.39, 0.29) is 19.8 Å². The fraction of sp³-hybridized carbons (Fsp3) is 1.00. The van der Waals surface area contributed by atoms with E-state index in [1.54, 1.807) is 0 Å². The summed E-state index contributed by atoms with van der Waals surface area (Å²) in [6, 6.07) is 0. The summed E-state index contributed by atoms with van der Waals surface area (Å²) in [7, 11) is -8.29. The van der Waals surface area contributed by atoms with Gasteiger partial charge < -0.3 is 18.5 Å². The number of hydrogen-bond acceptors (Lipinski definition) is 5. The van der Waals surface area contributed by atoms with Crippen molar-refractivity contribution < 1.29 is 27.6 Å². The Balaban J connectivity index is 4.77. The zero-order valence-electron chi connectivity index (χ0n) is 17.9. The smallest absolute Gasteiger partial charge is 0.323 e. The van der Waals surface area contributed by atoms with Gasteiger partial charge in [0.05, 0.1) is 19.8 Å². The predicted molar refractivity (Wildman–Crippen MR) is 117 cm³/mol. The van der Waals surface area contributed by atoms with Crippen molar-refractivity contribution in [3.8, 4) is 0 Å². The molecule has 0 fully saturated rings. The van der Waals surface area contributed by atoms with Gasteiger partial charge in [-0.2, -0.15) is 0 Å². The van der Waals surface area contributed by atoms with E-state index in [1.165, 1.54) is 0 Å². The van der Waals surface area contributed by atoms with Crippen LogP contribution in [0, 0.1) is 0 Å². The Kier molecular flexibility index (Phi) is 17.7. The summed E-state index contributed by atoms with van der Waals surface area (Å²) in [5.41, 5.74) is 0. The summed E-state index contributed by atoms with van der Waals surface area (Å²) in [5, 5.41) is 0. The van der Waals surface area contributed by atoms with Crippen LogP contribution in [0.2, 0.25) is 0 Å². The van der Waals surface area contributed by atoms with Crippen LogP contribution in [0.5, 0.6) is 0 Å². The predicted octanol–water partition coefficient (Wildman–Crippen LogP) is 7.68. The molecule has 0 bridgehead atoms. The van der Waals surface area contributed by atoms with Crippen molar-refractivity contribution >= 4 is 26.8 Å². The van der Waals surface area contributed by atoms with Gasteiger partial charge in [-0.15, -0.1) is 0 Å². The lowest BCUT2D eigenvalue weighted by Gasteiger charge is -2.25. The van der Waals surface area contributed by atoms with Gasteiger partial charge in [0, 0.05) is 0 Å². The van der Waals surface area contributed by atoms with Crippen molar-refractivity contribution in [3.05, 3.63) is 0 Å². The van der Waals surface area contributed by atoms with E-state index in [4.69, 9.17) is 25.2 Å². The monoisotopic (exact) mass is 462 g/mol. The van der Waals surface area contributed by atoms with Crippen molar-refractivity contribution in [2.45, 2.75) is 103 Å². The third kappa shape index (κ3) is 13.0. The number of alkyl halides is 1. The largest absolute Gasteiger partial charge is 0.360 e. The van der Waals surface area contributed by atoms with Gasteiger partial charge in [-0.1, -0.05) is 90.2 Å². The molecule has 0 aliphatic heterocycles. The van der Waals surface area contributed by atoms with E-state index >= 15 is 0 Å². The number of hydrogen-bond donors (Lipinski definition) is 1. The first-order valence-electron chi connectivity index (χ1n) is 10.8. The zero-order valence-corrected chi connectivity index (χ0v) is 20.5. The molecule has 0 saturated carbocycles. The molecule has 2 unspecified atom stereocenters. The van der Waals surface area contributed by atoms with Gasteiger partial charge >= 0.3 is 15.2 Å². The second-order valence-electron chi connectivity index (χ2n) is 7.10. The Bertz CT molecular complexity index is 446. The maximum absolute atomic E-state index is 13.2. The number of rotatable bonds is 20. The molecule has 0 aromatic heterocycles. The summed E-state index contributed by atoms with van der Waals surface area (Å²) in [6.07, 6.45) is 11.2. The van der Waals surface area contributed by atoms with Crippen LogP contribution in [0.1, 0.15) is 97.8 Å². The third-order valence-corrected chi connectivity index (χ3v) is 10.2. The molecule has 0 aromatic carbocycles. The average molecular weight is 463 g/mol. The summed E-state index contributed by atoms with van der Waals surface area (Å²) in [6.45, 7) is 6.75. The molecule has 0 aromatic rings. The second kappa shape index (κ2) is 17.3. The van der Waals surface area contributed by atoms with Crippen LogP contribution in [0.4, 0.5) is 0 Å². The quantitative estimate of drug-likeness (QED) is 0.113. The molecule has 0 radical (unpaired) electrons. The molecule has 6 nitrogen and oxygen atoms in total. The molecule has 0 spiro atoms.